The molecule has 0 aliphatic carbocycles. The molecule has 0 bridgehead atoms. The Bertz CT molecular complexity index is 1000. The summed E-state index contributed by atoms with van der Waals surface area (Å²) in [6.07, 6.45) is 3.30. The molecule has 8 heteroatoms. The van der Waals surface area contributed by atoms with Crippen molar-refractivity contribution in [1.82, 2.24) is 14.8 Å². The average Bonchev–Trinajstić information content (AvgIpc) is 3.14. The lowest BCUT2D eigenvalue weighted by atomic mass is 9.78. The molecule has 0 saturated carbocycles. The maximum Gasteiger partial charge on any atom is 0.255 e. The molecule has 2 fully saturated rings. The van der Waals surface area contributed by atoms with Gasteiger partial charge in [0.25, 0.3) is 5.91 Å². The largest absolute Gasteiger partial charge is 0.338 e. The number of halogens is 2. The van der Waals surface area contributed by atoms with E-state index in [-0.39, 0.29) is 36.0 Å². The van der Waals surface area contributed by atoms with Crippen LogP contribution in [0.4, 0.5) is 8.78 Å². The number of pyridine rings is 1. The zero-order valence-electron chi connectivity index (χ0n) is 15.8. The zero-order chi connectivity index (χ0) is 20.6. The highest BCUT2D eigenvalue weighted by atomic mass is 19.2. The van der Waals surface area contributed by atoms with Gasteiger partial charge < -0.3 is 14.8 Å². The second kappa shape index (κ2) is 7.42. The molecule has 6 nitrogen and oxygen atoms in total. The Morgan fingerprint density at radius 1 is 1.10 bits per heavy atom. The van der Waals surface area contributed by atoms with Crippen molar-refractivity contribution in [3.63, 3.8) is 0 Å². The number of carbonyl (C=O) groups is 2. The minimum Gasteiger partial charge on any atom is -0.338 e. The number of carbonyl (C=O) groups excluding carboxylic acids is 2. The van der Waals surface area contributed by atoms with Crippen LogP contribution in [0.15, 0.2) is 41.3 Å². The van der Waals surface area contributed by atoms with Gasteiger partial charge in [0.05, 0.1) is 11.0 Å². The fourth-order valence-corrected chi connectivity index (χ4v) is 4.33. The molecule has 29 heavy (non-hydrogen) atoms. The first-order valence-corrected chi connectivity index (χ1v) is 9.60. The summed E-state index contributed by atoms with van der Waals surface area (Å²) in [5.41, 5.74) is -0.472. The molecule has 2 aliphatic heterocycles. The minimum atomic E-state index is -0.930. The summed E-state index contributed by atoms with van der Waals surface area (Å²) < 4.78 is 27.6. The number of H-pyrrole nitrogens is 1. The number of aromatic nitrogens is 1. The van der Waals surface area contributed by atoms with E-state index in [1.165, 1.54) is 30.5 Å². The van der Waals surface area contributed by atoms with Gasteiger partial charge in [0, 0.05) is 44.0 Å². The van der Waals surface area contributed by atoms with Crippen molar-refractivity contribution in [2.45, 2.75) is 25.8 Å². The van der Waals surface area contributed by atoms with Crippen LogP contribution in [0.1, 0.15) is 35.2 Å². The fraction of sp³-hybridized carbons (Fsp3) is 0.381. The first-order valence-electron chi connectivity index (χ1n) is 9.60. The Morgan fingerprint density at radius 3 is 2.69 bits per heavy atom. The predicted octanol–water partition coefficient (Wildman–Crippen LogP) is 2.31. The molecule has 1 N–H and O–H groups in total. The summed E-state index contributed by atoms with van der Waals surface area (Å²) in [4.78, 5) is 42.8. The number of rotatable bonds is 3. The fourth-order valence-electron chi connectivity index (χ4n) is 4.33. The second-order valence-corrected chi connectivity index (χ2v) is 7.74. The summed E-state index contributed by atoms with van der Waals surface area (Å²) in [6, 6.07) is 6.72. The summed E-state index contributed by atoms with van der Waals surface area (Å²) in [5, 5.41) is 0. The van der Waals surface area contributed by atoms with E-state index < -0.39 is 17.0 Å². The second-order valence-electron chi connectivity index (χ2n) is 7.74. The zero-order valence-corrected chi connectivity index (χ0v) is 15.8. The van der Waals surface area contributed by atoms with E-state index in [0.717, 1.165) is 12.5 Å². The normalized spacial score (nSPS) is 21.8. The van der Waals surface area contributed by atoms with Gasteiger partial charge in [-0.15, -0.1) is 0 Å². The van der Waals surface area contributed by atoms with Crippen molar-refractivity contribution in [3.8, 4) is 0 Å². The van der Waals surface area contributed by atoms with Crippen LogP contribution in [0, 0.1) is 17.0 Å². The molecule has 1 atom stereocenters. The molecular weight excluding hydrogens is 380 g/mol. The average molecular weight is 401 g/mol. The van der Waals surface area contributed by atoms with Crippen LogP contribution in [0.2, 0.25) is 0 Å². The van der Waals surface area contributed by atoms with E-state index in [9.17, 15) is 23.2 Å². The van der Waals surface area contributed by atoms with Crippen molar-refractivity contribution in [3.05, 3.63) is 69.6 Å². The van der Waals surface area contributed by atoms with Gasteiger partial charge in [-0.05, 0) is 31.4 Å². The molecule has 1 unspecified atom stereocenters. The maximum atomic E-state index is 14.0. The number of aromatic amines is 1. The molecule has 152 valence electrons. The molecule has 2 aliphatic rings. The molecule has 3 heterocycles. The number of likely N-dealkylation sites (tertiary alicyclic amines) is 2. The molecule has 2 amide bonds. The number of amides is 2. The molecular formula is C21H21F2N3O3. The molecule has 0 radical (unpaired) electrons. The molecule has 1 aromatic carbocycles. The molecule has 2 aromatic rings. The summed E-state index contributed by atoms with van der Waals surface area (Å²) in [5.74, 6) is -2.22. The van der Waals surface area contributed by atoms with Crippen LogP contribution in [-0.4, -0.2) is 46.2 Å². The highest BCUT2D eigenvalue weighted by Gasteiger charge is 2.49. The highest BCUT2D eigenvalue weighted by Crippen LogP contribution is 2.41. The quantitative estimate of drug-likeness (QED) is 0.858. The first kappa shape index (κ1) is 19.3. The number of nitrogens with zero attached hydrogens (tertiary/aromatic N) is 2. The van der Waals surface area contributed by atoms with E-state index in [1.54, 1.807) is 9.80 Å². The first-order chi connectivity index (χ1) is 13.9. The Kier molecular flexibility index (Phi) is 4.94. The van der Waals surface area contributed by atoms with Crippen LogP contribution in [0.25, 0.3) is 0 Å². The van der Waals surface area contributed by atoms with Crippen LogP contribution >= 0.6 is 0 Å². The summed E-state index contributed by atoms with van der Waals surface area (Å²) >= 11 is 0. The highest BCUT2D eigenvalue weighted by molar-refractivity contribution is 5.95. The topological polar surface area (TPSA) is 73.5 Å². The lowest BCUT2D eigenvalue weighted by molar-refractivity contribution is -0.146. The Labute approximate surface area is 166 Å². The smallest absolute Gasteiger partial charge is 0.255 e. The van der Waals surface area contributed by atoms with E-state index in [4.69, 9.17) is 0 Å². The van der Waals surface area contributed by atoms with Gasteiger partial charge in [-0.1, -0.05) is 12.1 Å². The maximum absolute atomic E-state index is 14.0. The molecule has 2 saturated heterocycles. The lowest BCUT2D eigenvalue weighted by Crippen LogP contribution is -2.50. The standard InChI is InChI=1S/C21H21F2N3O3/c22-16-4-1-3-15(18(16)23)12-25-9-2-7-21(20(25)29)8-10-26(13-21)19(28)14-5-6-17(27)24-11-14/h1,3-6,11H,2,7-10,12-13H2,(H,24,27). The number of hydrogen-bond acceptors (Lipinski definition) is 3. The van der Waals surface area contributed by atoms with Crippen molar-refractivity contribution in [1.29, 1.82) is 0 Å². The van der Waals surface area contributed by atoms with E-state index in [0.29, 0.717) is 31.5 Å². The SMILES string of the molecule is O=C(c1ccc(=O)[nH]c1)N1CCC2(CCCN(Cc3cccc(F)c3F)C2=O)C1. The predicted molar refractivity (Wildman–Crippen MR) is 101 cm³/mol. The summed E-state index contributed by atoms with van der Waals surface area (Å²) in [6.45, 7) is 1.21. The van der Waals surface area contributed by atoms with E-state index in [1.807, 2.05) is 0 Å². The van der Waals surface area contributed by atoms with Gasteiger partial charge in [-0.2, -0.15) is 0 Å². The van der Waals surface area contributed by atoms with Crippen molar-refractivity contribution in [2.24, 2.45) is 5.41 Å². The number of piperidine rings is 1. The van der Waals surface area contributed by atoms with Gasteiger partial charge in [-0.3, -0.25) is 14.4 Å². The van der Waals surface area contributed by atoms with Crippen LogP contribution in [-0.2, 0) is 11.3 Å². The Balaban J connectivity index is 1.50. The van der Waals surface area contributed by atoms with Crippen molar-refractivity contribution >= 4 is 11.8 Å². The van der Waals surface area contributed by atoms with Crippen LogP contribution < -0.4 is 5.56 Å². The molecule has 4 rings (SSSR count). The lowest BCUT2D eigenvalue weighted by Gasteiger charge is -2.39. The van der Waals surface area contributed by atoms with Gasteiger partial charge in [0.2, 0.25) is 11.5 Å². The number of hydrogen-bond donors (Lipinski definition) is 1. The monoisotopic (exact) mass is 401 g/mol. The Morgan fingerprint density at radius 2 is 1.93 bits per heavy atom. The van der Waals surface area contributed by atoms with Gasteiger partial charge in [-0.25, -0.2) is 8.78 Å². The van der Waals surface area contributed by atoms with Crippen molar-refractivity contribution in [2.75, 3.05) is 19.6 Å². The number of benzene rings is 1. The third-order valence-corrected chi connectivity index (χ3v) is 5.89. The van der Waals surface area contributed by atoms with Gasteiger partial charge >= 0.3 is 0 Å². The Hall–Kier alpha value is -3.03. The summed E-state index contributed by atoms with van der Waals surface area (Å²) in [7, 11) is 0. The van der Waals surface area contributed by atoms with Crippen LogP contribution in [0.5, 0.6) is 0 Å². The molecule has 1 aromatic heterocycles. The van der Waals surface area contributed by atoms with Crippen LogP contribution in [0.3, 0.4) is 0 Å². The van der Waals surface area contributed by atoms with Gasteiger partial charge in [0.1, 0.15) is 0 Å². The van der Waals surface area contributed by atoms with Gasteiger partial charge in [0.15, 0.2) is 11.6 Å². The number of nitrogens with one attached hydrogen (secondary N) is 1. The van der Waals surface area contributed by atoms with E-state index in [2.05, 4.69) is 4.98 Å². The van der Waals surface area contributed by atoms with Crippen molar-refractivity contribution < 1.29 is 18.4 Å². The third kappa shape index (κ3) is 3.54. The van der Waals surface area contributed by atoms with E-state index >= 15 is 0 Å². The molecule has 1 spiro atoms. The third-order valence-electron chi connectivity index (χ3n) is 5.89. The minimum absolute atomic E-state index is 0.0119.